The van der Waals surface area contributed by atoms with Gasteiger partial charge in [0.1, 0.15) is 29.9 Å². The maximum absolute atomic E-state index is 14.7. The second-order valence-electron chi connectivity index (χ2n) is 7.74. The Balaban J connectivity index is 1.90. The molecule has 1 aromatic heterocycles. The molecule has 1 N–H and O–H groups in total. The maximum atomic E-state index is 14.7. The molecule has 8 nitrogen and oxygen atoms in total. The largest absolute Gasteiger partial charge is 0.382 e. The minimum Gasteiger partial charge on any atom is -0.382 e. The molecule has 0 aliphatic rings. The van der Waals surface area contributed by atoms with E-state index >= 15 is 0 Å². The van der Waals surface area contributed by atoms with Crippen LogP contribution >= 0.6 is 0 Å². The van der Waals surface area contributed by atoms with Crippen LogP contribution in [-0.2, 0) is 18.7 Å². The topological polar surface area (TPSA) is 97.3 Å². The highest BCUT2D eigenvalue weighted by molar-refractivity contribution is 5.33. The molecule has 170 valence electrons. The third-order valence-corrected chi connectivity index (χ3v) is 5.19. The molecule has 1 heterocycles. The Labute approximate surface area is 184 Å². The van der Waals surface area contributed by atoms with Gasteiger partial charge in [-0.3, -0.25) is 15.0 Å². The van der Waals surface area contributed by atoms with Gasteiger partial charge < -0.3 is 5.11 Å². The number of nitro benzene ring substituents is 1. The summed E-state index contributed by atoms with van der Waals surface area (Å²) in [5.41, 5.74) is -0.959. The number of hydrogen-bond donors (Lipinski definition) is 1. The first-order valence-corrected chi connectivity index (χ1v) is 10.3. The van der Waals surface area contributed by atoms with Crippen LogP contribution in [0.4, 0.5) is 14.5 Å². The van der Waals surface area contributed by atoms with Crippen molar-refractivity contribution in [2.45, 2.75) is 38.5 Å². The van der Waals surface area contributed by atoms with Gasteiger partial charge in [-0.1, -0.05) is 31.5 Å². The van der Waals surface area contributed by atoms with E-state index in [9.17, 15) is 24.0 Å². The number of nitro groups is 1. The van der Waals surface area contributed by atoms with Crippen molar-refractivity contribution in [1.82, 2.24) is 19.7 Å². The molecule has 32 heavy (non-hydrogen) atoms. The number of unbranched alkanes of at least 4 members (excludes halogenated alkanes) is 1. The molecule has 1 unspecified atom stereocenters. The van der Waals surface area contributed by atoms with Crippen molar-refractivity contribution in [2.75, 3.05) is 13.1 Å². The third-order valence-electron chi connectivity index (χ3n) is 5.19. The molecule has 10 heteroatoms. The average molecular weight is 445 g/mol. The van der Waals surface area contributed by atoms with Gasteiger partial charge in [0.25, 0.3) is 5.69 Å². The van der Waals surface area contributed by atoms with Gasteiger partial charge in [-0.25, -0.2) is 18.4 Å². The molecule has 0 saturated carbocycles. The summed E-state index contributed by atoms with van der Waals surface area (Å²) in [6.45, 7) is 2.98. The van der Waals surface area contributed by atoms with E-state index in [0.29, 0.717) is 13.1 Å². The lowest BCUT2D eigenvalue weighted by Crippen LogP contribution is -2.44. The quantitative estimate of drug-likeness (QED) is 0.357. The first-order valence-electron chi connectivity index (χ1n) is 10.3. The van der Waals surface area contributed by atoms with Gasteiger partial charge >= 0.3 is 0 Å². The summed E-state index contributed by atoms with van der Waals surface area (Å²) in [6.07, 6.45) is 4.47. The lowest BCUT2D eigenvalue weighted by molar-refractivity contribution is -0.384. The number of aromatic nitrogens is 3. The first kappa shape index (κ1) is 23.4. The molecular weight excluding hydrogens is 420 g/mol. The summed E-state index contributed by atoms with van der Waals surface area (Å²) in [6, 6.07) is 9.26. The fraction of sp³-hybridized carbons (Fsp3) is 0.364. The van der Waals surface area contributed by atoms with E-state index in [4.69, 9.17) is 0 Å². The molecule has 2 aromatic carbocycles. The van der Waals surface area contributed by atoms with Crippen molar-refractivity contribution in [3.8, 4) is 0 Å². The summed E-state index contributed by atoms with van der Waals surface area (Å²) >= 11 is 0. The lowest BCUT2D eigenvalue weighted by atomic mass is 9.92. The summed E-state index contributed by atoms with van der Waals surface area (Å²) < 4.78 is 29.6. The average Bonchev–Trinajstić information content (AvgIpc) is 3.24. The summed E-state index contributed by atoms with van der Waals surface area (Å²) in [5, 5.41) is 26.5. The molecule has 0 aliphatic heterocycles. The van der Waals surface area contributed by atoms with E-state index in [0.717, 1.165) is 30.5 Å². The summed E-state index contributed by atoms with van der Waals surface area (Å²) in [5.74, 6) is -1.58. The Hall–Kier alpha value is -3.24. The summed E-state index contributed by atoms with van der Waals surface area (Å²) in [4.78, 5) is 16.3. The Bertz CT molecular complexity index is 1030. The van der Waals surface area contributed by atoms with Gasteiger partial charge in [0.05, 0.1) is 11.5 Å². The number of rotatable bonds is 11. The van der Waals surface area contributed by atoms with Crippen LogP contribution < -0.4 is 0 Å². The zero-order valence-corrected chi connectivity index (χ0v) is 17.7. The fourth-order valence-electron chi connectivity index (χ4n) is 3.62. The monoisotopic (exact) mass is 445 g/mol. The van der Waals surface area contributed by atoms with Crippen molar-refractivity contribution in [3.63, 3.8) is 0 Å². The number of non-ortho nitro benzene ring substituents is 1. The predicted molar refractivity (Wildman–Crippen MR) is 114 cm³/mol. The number of benzene rings is 2. The number of nitrogens with zero attached hydrogens (tertiary/aromatic N) is 5. The molecule has 0 amide bonds. The van der Waals surface area contributed by atoms with Gasteiger partial charge in [-0.2, -0.15) is 5.10 Å². The van der Waals surface area contributed by atoms with Crippen LogP contribution in [0.2, 0.25) is 0 Å². The van der Waals surface area contributed by atoms with Crippen LogP contribution in [0.5, 0.6) is 0 Å². The van der Waals surface area contributed by atoms with Crippen molar-refractivity contribution in [3.05, 3.63) is 88.0 Å². The minimum absolute atomic E-state index is 0.00933. The van der Waals surface area contributed by atoms with Crippen LogP contribution in [-0.4, -0.2) is 42.8 Å². The molecule has 0 saturated heterocycles. The van der Waals surface area contributed by atoms with Crippen LogP contribution in [0, 0.1) is 21.7 Å². The highest BCUT2D eigenvalue weighted by atomic mass is 19.1. The molecule has 1 atom stereocenters. The molecule has 0 aliphatic carbocycles. The van der Waals surface area contributed by atoms with Crippen LogP contribution in [0.15, 0.2) is 55.1 Å². The van der Waals surface area contributed by atoms with E-state index in [1.54, 1.807) is 12.1 Å². The minimum atomic E-state index is -1.72. The highest BCUT2D eigenvalue weighted by Gasteiger charge is 2.35. The zero-order chi connectivity index (χ0) is 23.1. The predicted octanol–water partition coefficient (Wildman–Crippen LogP) is 3.65. The van der Waals surface area contributed by atoms with Crippen LogP contribution in [0.3, 0.4) is 0 Å². The number of hydrogen-bond acceptors (Lipinski definition) is 6. The van der Waals surface area contributed by atoms with Gasteiger partial charge in [-0.05, 0) is 24.6 Å². The second-order valence-corrected chi connectivity index (χ2v) is 7.74. The molecule has 0 bridgehead atoms. The molecule has 3 rings (SSSR count). The zero-order valence-electron chi connectivity index (χ0n) is 17.7. The van der Waals surface area contributed by atoms with E-state index in [-0.39, 0.29) is 24.3 Å². The van der Waals surface area contributed by atoms with Gasteiger partial charge in [-0.15, -0.1) is 0 Å². The van der Waals surface area contributed by atoms with E-state index < -0.39 is 22.2 Å². The van der Waals surface area contributed by atoms with Crippen LogP contribution in [0.1, 0.15) is 30.9 Å². The van der Waals surface area contributed by atoms with Crippen molar-refractivity contribution in [1.29, 1.82) is 0 Å². The maximum Gasteiger partial charge on any atom is 0.269 e. The fourth-order valence-corrected chi connectivity index (χ4v) is 3.62. The number of halogens is 2. The Morgan fingerprint density at radius 3 is 2.56 bits per heavy atom. The number of aliphatic hydroxyl groups is 1. The standard InChI is InChI=1S/C22H25F2N5O3/c1-2-3-10-27(12-17-4-7-19(8-5-17)29(31)32)13-22(30,14-28-16-25-15-26-28)20-9-6-18(23)11-21(20)24/h4-9,11,15-16,30H,2-3,10,12-14H2,1H3. The third kappa shape index (κ3) is 5.92. The summed E-state index contributed by atoms with van der Waals surface area (Å²) in [7, 11) is 0. The van der Waals surface area contributed by atoms with Gasteiger partial charge in [0.15, 0.2) is 0 Å². The van der Waals surface area contributed by atoms with E-state index in [2.05, 4.69) is 10.1 Å². The lowest BCUT2D eigenvalue weighted by Gasteiger charge is -2.35. The van der Waals surface area contributed by atoms with Gasteiger partial charge in [0.2, 0.25) is 0 Å². The first-order chi connectivity index (χ1) is 15.3. The highest BCUT2D eigenvalue weighted by Crippen LogP contribution is 2.29. The second kappa shape index (κ2) is 10.4. The molecule has 0 spiro atoms. The smallest absolute Gasteiger partial charge is 0.269 e. The molecule has 0 fully saturated rings. The van der Waals surface area contributed by atoms with E-state index in [1.807, 2.05) is 11.8 Å². The molecular formula is C22H25F2N5O3. The Morgan fingerprint density at radius 1 is 1.22 bits per heavy atom. The van der Waals surface area contributed by atoms with E-state index in [1.165, 1.54) is 35.5 Å². The Kier molecular flexibility index (Phi) is 7.60. The SMILES string of the molecule is CCCCN(Cc1ccc([N+](=O)[O-])cc1)CC(O)(Cn1cncn1)c1ccc(F)cc1F. The van der Waals surface area contributed by atoms with Crippen molar-refractivity contribution >= 4 is 5.69 Å². The van der Waals surface area contributed by atoms with Crippen molar-refractivity contribution in [2.24, 2.45) is 0 Å². The van der Waals surface area contributed by atoms with Gasteiger partial charge in [0, 0.05) is 36.9 Å². The normalized spacial score (nSPS) is 13.3. The Morgan fingerprint density at radius 2 is 1.97 bits per heavy atom. The van der Waals surface area contributed by atoms with Crippen LogP contribution in [0.25, 0.3) is 0 Å². The van der Waals surface area contributed by atoms with Crippen molar-refractivity contribution < 1.29 is 18.8 Å². The molecule has 3 aromatic rings. The molecule has 0 radical (unpaired) electrons.